The molecule has 0 bridgehead atoms. The van der Waals surface area contributed by atoms with Crippen LogP contribution < -0.4 is 0 Å². The number of methoxy groups -OCH3 is 1. The molecular weight excluding hydrogens is 158 g/mol. The summed E-state index contributed by atoms with van der Waals surface area (Å²) in [4.78, 5) is 11.1. The Balaban J connectivity index is 4.14. The summed E-state index contributed by atoms with van der Waals surface area (Å²) in [6.45, 7) is 5.19. The van der Waals surface area contributed by atoms with E-state index in [1.165, 1.54) is 7.11 Å². The summed E-state index contributed by atoms with van der Waals surface area (Å²) >= 11 is 0. The summed E-state index contributed by atoms with van der Waals surface area (Å²) in [5, 5.41) is 8.42. The first-order valence-electron chi connectivity index (χ1n) is 3.56. The smallest absolute Gasteiger partial charge is 0.350 e. The monoisotopic (exact) mass is 171 g/mol. The van der Waals surface area contributed by atoms with Gasteiger partial charge in [0.25, 0.3) is 0 Å². The topological polar surface area (TPSA) is 59.3 Å². The van der Waals surface area contributed by atoms with E-state index in [2.05, 4.69) is 4.74 Å². The van der Waals surface area contributed by atoms with Gasteiger partial charge in [0.05, 0.1) is 0 Å². The Labute approximate surface area is 72.1 Å². The van der Waals surface area contributed by atoms with Crippen LogP contribution in [-0.2, 0) is 14.3 Å². The molecule has 0 aliphatic rings. The van der Waals surface area contributed by atoms with E-state index in [9.17, 15) is 4.79 Å². The molecule has 68 valence electrons. The van der Waals surface area contributed by atoms with E-state index < -0.39 is 17.7 Å². The van der Waals surface area contributed by atoms with Gasteiger partial charge in [0.15, 0.2) is 0 Å². The van der Waals surface area contributed by atoms with E-state index in [0.717, 1.165) is 0 Å². The maximum atomic E-state index is 11.1. The number of hydrogen-bond donors (Lipinski definition) is 0. The molecule has 4 heteroatoms. The van der Waals surface area contributed by atoms with Crippen molar-refractivity contribution in [1.29, 1.82) is 5.26 Å². The van der Waals surface area contributed by atoms with Gasteiger partial charge in [0, 0.05) is 7.11 Å². The van der Waals surface area contributed by atoms with Crippen molar-refractivity contribution in [2.45, 2.75) is 32.5 Å². The summed E-state index contributed by atoms with van der Waals surface area (Å²) in [6.07, 6.45) is -1.12. The van der Waals surface area contributed by atoms with Crippen LogP contribution >= 0.6 is 0 Å². The van der Waals surface area contributed by atoms with E-state index in [4.69, 9.17) is 10.00 Å². The van der Waals surface area contributed by atoms with Gasteiger partial charge >= 0.3 is 5.97 Å². The molecule has 1 unspecified atom stereocenters. The lowest BCUT2D eigenvalue weighted by Gasteiger charge is -2.20. The normalized spacial score (nSPS) is 13.2. The maximum Gasteiger partial charge on any atom is 0.350 e. The third-order valence-electron chi connectivity index (χ3n) is 0.974. The number of carbonyl (C=O) groups excluding carboxylic acids is 1. The van der Waals surface area contributed by atoms with Crippen LogP contribution in [0.25, 0.3) is 0 Å². The van der Waals surface area contributed by atoms with Crippen molar-refractivity contribution in [2.75, 3.05) is 7.11 Å². The summed E-state index contributed by atoms with van der Waals surface area (Å²) in [5.41, 5.74) is -0.579. The Morgan fingerprint density at radius 3 is 2.25 bits per heavy atom. The highest BCUT2D eigenvalue weighted by Gasteiger charge is 2.24. The van der Waals surface area contributed by atoms with Crippen LogP contribution in [0, 0.1) is 11.3 Å². The van der Waals surface area contributed by atoms with Crippen LogP contribution in [0.3, 0.4) is 0 Å². The van der Waals surface area contributed by atoms with Gasteiger partial charge in [-0.15, -0.1) is 0 Å². The molecule has 0 spiro atoms. The highest BCUT2D eigenvalue weighted by Crippen LogP contribution is 2.08. The lowest BCUT2D eigenvalue weighted by Crippen LogP contribution is -2.31. The lowest BCUT2D eigenvalue weighted by atomic mass is 10.2. The molecular formula is C8H13NO3. The Kier molecular flexibility index (Phi) is 3.71. The lowest BCUT2D eigenvalue weighted by molar-refractivity contribution is -0.163. The largest absolute Gasteiger partial charge is 0.457 e. The molecule has 0 N–H and O–H groups in total. The van der Waals surface area contributed by atoms with Crippen LogP contribution in [0.1, 0.15) is 20.8 Å². The number of hydrogen-bond acceptors (Lipinski definition) is 4. The molecule has 12 heavy (non-hydrogen) atoms. The van der Waals surface area contributed by atoms with Gasteiger partial charge in [-0.05, 0) is 20.8 Å². The zero-order chi connectivity index (χ0) is 9.78. The van der Waals surface area contributed by atoms with Crippen molar-refractivity contribution in [3.8, 4) is 6.07 Å². The first-order chi connectivity index (χ1) is 5.40. The van der Waals surface area contributed by atoms with Crippen LogP contribution in [0.2, 0.25) is 0 Å². The second-order valence-corrected chi connectivity index (χ2v) is 3.28. The zero-order valence-corrected chi connectivity index (χ0v) is 7.75. The molecule has 0 fully saturated rings. The Hall–Kier alpha value is -1.08. The predicted molar refractivity (Wildman–Crippen MR) is 42.3 cm³/mol. The van der Waals surface area contributed by atoms with Crippen molar-refractivity contribution in [2.24, 2.45) is 0 Å². The first-order valence-corrected chi connectivity index (χ1v) is 3.56. The molecule has 4 nitrogen and oxygen atoms in total. The van der Waals surface area contributed by atoms with Crippen LogP contribution in [0.4, 0.5) is 0 Å². The molecule has 0 saturated heterocycles. The number of nitrogens with zero attached hydrogens (tertiary/aromatic N) is 1. The number of nitriles is 1. The second kappa shape index (κ2) is 4.07. The summed E-state index contributed by atoms with van der Waals surface area (Å²) in [5.74, 6) is -0.646. The quantitative estimate of drug-likeness (QED) is 0.578. The molecule has 0 rings (SSSR count). The average molecular weight is 171 g/mol. The van der Waals surface area contributed by atoms with Crippen molar-refractivity contribution < 1.29 is 14.3 Å². The molecule has 1 atom stereocenters. The van der Waals surface area contributed by atoms with Gasteiger partial charge in [0.1, 0.15) is 11.7 Å². The Bertz CT molecular complexity index is 199. The fourth-order valence-corrected chi connectivity index (χ4v) is 0.557. The fraction of sp³-hybridized carbons (Fsp3) is 0.750. The zero-order valence-electron chi connectivity index (χ0n) is 7.75. The van der Waals surface area contributed by atoms with Crippen LogP contribution in [0.5, 0.6) is 0 Å². The molecule has 0 aliphatic carbocycles. The predicted octanol–water partition coefficient (Wildman–Crippen LogP) is 0.867. The molecule has 0 aromatic rings. The van der Waals surface area contributed by atoms with Crippen molar-refractivity contribution in [1.82, 2.24) is 0 Å². The number of esters is 1. The average Bonchev–Trinajstić information content (AvgIpc) is 1.85. The van der Waals surface area contributed by atoms with Crippen LogP contribution in [0.15, 0.2) is 0 Å². The van der Waals surface area contributed by atoms with Crippen molar-refractivity contribution >= 4 is 5.97 Å². The Morgan fingerprint density at radius 2 is 2.00 bits per heavy atom. The minimum absolute atomic E-state index is 0.579. The molecule has 0 radical (unpaired) electrons. The second-order valence-electron chi connectivity index (χ2n) is 3.28. The minimum atomic E-state index is -1.12. The van der Waals surface area contributed by atoms with E-state index in [0.29, 0.717) is 0 Å². The molecule has 0 aliphatic heterocycles. The van der Waals surface area contributed by atoms with Gasteiger partial charge in [-0.2, -0.15) is 5.26 Å². The number of ether oxygens (including phenoxy) is 2. The van der Waals surface area contributed by atoms with Gasteiger partial charge < -0.3 is 9.47 Å². The van der Waals surface area contributed by atoms with Crippen molar-refractivity contribution in [3.05, 3.63) is 0 Å². The van der Waals surface area contributed by atoms with Crippen molar-refractivity contribution in [3.63, 3.8) is 0 Å². The third kappa shape index (κ3) is 3.94. The molecule has 0 aromatic heterocycles. The SMILES string of the molecule is COC(C#N)C(=O)OC(C)(C)C. The Morgan fingerprint density at radius 1 is 1.50 bits per heavy atom. The van der Waals surface area contributed by atoms with Gasteiger partial charge in [-0.3, -0.25) is 0 Å². The molecule has 0 heterocycles. The van der Waals surface area contributed by atoms with Gasteiger partial charge in [-0.1, -0.05) is 0 Å². The number of rotatable bonds is 2. The summed E-state index contributed by atoms with van der Waals surface area (Å²) in [6, 6.07) is 1.68. The van der Waals surface area contributed by atoms with E-state index in [-0.39, 0.29) is 0 Å². The standard InChI is InChI=1S/C8H13NO3/c1-8(2,3)12-7(10)6(5-9)11-4/h6H,1-4H3. The van der Waals surface area contributed by atoms with E-state index in [1.54, 1.807) is 26.8 Å². The van der Waals surface area contributed by atoms with Crippen LogP contribution in [-0.4, -0.2) is 24.8 Å². The molecule has 0 aromatic carbocycles. The minimum Gasteiger partial charge on any atom is -0.457 e. The van der Waals surface area contributed by atoms with E-state index in [1.807, 2.05) is 0 Å². The maximum absolute atomic E-state index is 11.1. The fourth-order valence-electron chi connectivity index (χ4n) is 0.557. The summed E-state index contributed by atoms with van der Waals surface area (Å²) in [7, 11) is 1.29. The summed E-state index contributed by atoms with van der Waals surface area (Å²) < 4.78 is 9.47. The van der Waals surface area contributed by atoms with Gasteiger partial charge in [-0.25, -0.2) is 4.79 Å². The number of carbonyl (C=O) groups is 1. The highest BCUT2D eigenvalue weighted by atomic mass is 16.6. The molecule has 0 saturated carbocycles. The van der Waals surface area contributed by atoms with E-state index >= 15 is 0 Å². The highest BCUT2D eigenvalue weighted by molar-refractivity contribution is 5.78. The van der Waals surface area contributed by atoms with Gasteiger partial charge in [0.2, 0.25) is 6.10 Å². The first kappa shape index (κ1) is 10.9. The third-order valence-corrected chi connectivity index (χ3v) is 0.974. The molecule has 0 amide bonds.